The Morgan fingerprint density at radius 3 is 2.50 bits per heavy atom. The van der Waals surface area contributed by atoms with Gasteiger partial charge in [-0.1, -0.05) is 12.1 Å². The molecule has 28 heavy (non-hydrogen) atoms. The molecule has 7 heteroatoms. The Morgan fingerprint density at radius 1 is 1.11 bits per heavy atom. The van der Waals surface area contributed by atoms with Gasteiger partial charge in [0.15, 0.2) is 0 Å². The van der Waals surface area contributed by atoms with Crippen molar-refractivity contribution in [2.45, 2.75) is 56.8 Å². The van der Waals surface area contributed by atoms with Gasteiger partial charge in [0.05, 0.1) is 11.9 Å². The molecule has 6 nitrogen and oxygen atoms in total. The van der Waals surface area contributed by atoms with E-state index in [1.165, 1.54) is 5.56 Å². The fraction of sp³-hybridized carbons (Fsp3) is 0.524. The molecule has 1 saturated heterocycles. The number of benzene rings is 1. The monoisotopic (exact) mass is 402 g/mol. The van der Waals surface area contributed by atoms with E-state index >= 15 is 0 Å². The van der Waals surface area contributed by atoms with Crippen LogP contribution in [0.4, 0.5) is 5.69 Å². The van der Waals surface area contributed by atoms with Crippen LogP contribution in [0.1, 0.15) is 39.2 Å². The molecule has 1 aromatic heterocycles. The minimum Gasteiger partial charge on any atom is -0.368 e. The molecule has 0 spiro atoms. The number of rotatable bonds is 3. The van der Waals surface area contributed by atoms with Crippen LogP contribution in [-0.2, 0) is 22.1 Å². The Hall–Kier alpha value is -1.83. The van der Waals surface area contributed by atoms with E-state index in [1.54, 1.807) is 12.1 Å². The van der Waals surface area contributed by atoms with Gasteiger partial charge in [-0.15, -0.1) is 0 Å². The molecular weight excluding hydrogens is 372 g/mol. The van der Waals surface area contributed by atoms with E-state index < -0.39 is 10.0 Å². The summed E-state index contributed by atoms with van der Waals surface area (Å²) < 4.78 is 30.2. The highest BCUT2D eigenvalue weighted by molar-refractivity contribution is 7.89. The van der Waals surface area contributed by atoms with Crippen LogP contribution in [-0.4, -0.2) is 37.1 Å². The molecule has 0 unspecified atom stereocenters. The number of nitrogens with one attached hydrogen (secondary N) is 2. The number of hydrogen-bond donors (Lipinski definition) is 2. The topological polar surface area (TPSA) is 66.4 Å². The van der Waals surface area contributed by atoms with Crippen LogP contribution in [0.5, 0.6) is 0 Å². The summed E-state index contributed by atoms with van der Waals surface area (Å²) in [5, 5.41) is 3.39. The van der Waals surface area contributed by atoms with Gasteiger partial charge < -0.3 is 9.88 Å². The first kappa shape index (κ1) is 19.5. The van der Waals surface area contributed by atoms with E-state index in [9.17, 15) is 8.42 Å². The molecular formula is C21H30N4O2S. The van der Waals surface area contributed by atoms with Crippen LogP contribution < -0.4 is 10.0 Å². The Labute approximate surface area is 168 Å². The molecule has 152 valence electrons. The van der Waals surface area contributed by atoms with Crippen LogP contribution >= 0.6 is 0 Å². The minimum atomic E-state index is -3.44. The first-order valence-electron chi connectivity index (χ1n) is 10.00. The maximum atomic E-state index is 12.6. The number of fused-ring (bicyclic) bond motifs is 1. The highest BCUT2D eigenvalue weighted by Gasteiger charge is 2.35. The van der Waals surface area contributed by atoms with Gasteiger partial charge >= 0.3 is 0 Å². The van der Waals surface area contributed by atoms with Crippen LogP contribution in [0.25, 0.3) is 0 Å². The molecule has 0 bridgehead atoms. The number of anilines is 1. The first-order chi connectivity index (χ1) is 13.2. The van der Waals surface area contributed by atoms with Crippen molar-refractivity contribution < 1.29 is 8.42 Å². The van der Waals surface area contributed by atoms with Crippen molar-refractivity contribution >= 4 is 15.7 Å². The number of piperidine rings is 1. The third kappa shape index (κ3) is 3.97. The maximum Gasteiger partial charge on any atom is 0.244 e. The van der Waals surface area contributed by atoms with Crippen molar-refractivity contribution in [3.8, 4) is 0 Å². The Kier molecular flexibility index (Phi) is 5.02. The van der Waals surface area contributed by atoms with Gasteiger partial charge in [-0.05, 0) is 76.4 Å². The highest BCUT2D eigenvalue weighted by Crippen LogP contribution is 2.31. The molecule has 0 aliphatic carbocycles. The number of hydrogen-bond acceptors (Lipinski definition) is 4. The summed E-state index contributed by atoms with van der Waals surface area (Å²) in [7, 11) is -3.44. The Bertz CT molecular complexity index is 937. The molecule has 2 N–H and O–H groups in total. The van der Waals surface area contributed by atoms with E-state index in [1.807, 2.05) is 12.1 Å². The lowest BCUT2D eigenvalue weighted by Crippen LogP contribution is -2.51. The highest BCUT2D eigenvalue weighted by atomic mass is 32.2. The molecule has 1 fully saturated rings. The van der Waals surface area contributed by atoms with Crippen molar-refractivity contribution in [3.63, 3.8) is 0 Å². The molecule has 2 aromatic rings. The van der Waals surface area contributed by atoms with Gasteiger partial charge in [0.25, 0.3) is 0 Å². The molecule has 0 radical (unpaired) electrons. The van der Waals surface area contributed by atoms with E-state index in [0.717, 1.165) is 32.5 Å². The smallest absolute Gasteiger partial charge is 0.244 e. The number of aromatic nitrogens is 1. The summed E-state index contributed by atoms with van der Waals surface area (Å²) in [6, 6.07) is 9.32. The zero-order chi connectivity index (χ0) is 19.9. The summed E-state index contributed by atoms with van der Waals surface area (Å²) in [5.74, 6) is 0.290. The van der Waals surface area contributed by atoms with E-state index in [-0.39, 0.29) is 11.7 Å². The second-order valence-electron chi connectivity index (χ2n) is 8.95. The SMILES string of the molecule is CC(C)(C)n1ccc(CN2CCC([C@H]3Nc4ccccc4S(=O)(=O)N3)CC2)c1. The average Bonchev–Trinajstić information content (AvgIpc) is 3.11. The summed E-state index contributed by atoms with van der Waals surface area (Å²) in [6.45, 7) is 9.53. The molecule has 0 amide bonds. The van der Waals surface area contributed by atoms with Gasteiger partial charge in [0.1, 0.15) is 4.90 Å². The summed E-state index contributed by atoms with van der Waals surface area (Å²) in [5.41, 5.74) is 2.14. The van der Waals surface area contributed by atoms with Gasteiger partial charge in [0.2, 0.25) is 10.0 Å². The number of likely N-dealkylation sites (tertiary alicyclic amines) is 1. The quantitative estimate of drug-likeness (QED) is 0.828. The molecule has 3 heterocycles. The third-order valence-corrected chi connectivity index (χ3v) is 7.31. The molecule has 2 aliphatic heterocycles. The average molecular weight is 403 g/mol. The number of para-hydroxylation sites is 1. The molecule has 1 atom stereocenters. The van der Waals surface area contributed by atoms with Crippen LogP contribution in [0.3, 0.4) is 0 Å². The van der Waals surface area contributed by atoms with Gasteiger partial charge in [-0.3, -0.25) is 4.90 Å². The number of nitrogens with zero attached hydrogens (tertiary/aromatic N) is 2. The van der Waals surface area contributed by atoms with Gasteiger partial charge in [-0.25, -0.2) is 8.42 Å². The largest absolute Gasteiger partial charge is 0.368 e. The van der Waals surface area contributed by atoms with Gasteiger partial charge in [-0.2, -0.15) is 4.72 Å². The summed E-state index contributed by atoms with van der Waals surface area (Å²) in [4.78, 5) is 2.80. The number of sulfonamides is 1. The van der Waals surface area contributed by atoms with Crippen molar-refractivity contribution in [2.75, 3.05) is 18.4 Å². The fourth-order valence-corrected chi connectivity index (χ4v) is 5.50. The first-order valence-corrected chi connectivity index (χ1v) is 11.5. The summed E-state index contributed by atoms with van der Waals surface area (Å²) >= 11 is 0. The zero-order valence-corrected chi connectivity index (χ0v) is 17.7. The predicted molar refractivity (Wildman–Crippen MR) is 112 cm³/mol. The van der Waals surface area contributed by atoms with Crippen LogP contribution in [0, 0.1) is 5.92 Å². The van der Waals surface area contributed by atoms with E-state index in [0.29, 0.717) is 16.5 Å². The fourth-order valence-electron chi connectivity index (χ4n) is 4.12. The van der Waals surface area contributed by atoms with Crippen LogP contribution in [0.2, 0.25) is 0 Å². The molecule has 0 saturated carbocycles. The predicted octanol–water partition coefficient (Wildman–Crippen LogP) is 3.19. The normalized spacial score (nSPS) is 23.2. The molecule has 4 rings (SSSR count). The van der Waals surface area contributed by atoms with Gasteiger partial charge in [0, 0.05) is 24.5 Å². The zero-order valence-electron chi connectivity index (χ0n) is 16.9. The van der Waals surface area contributed by atoms with Crippen molar-refractivity contribution in [1.29, 1.82) is 0 Å². The van der Waals surface area contributed by atoms with Crippen molar-refractivity contribution in [3.05, 3.63) is 48.3 Å². The second kappa shape index (κ2) is 7.21. The third-order valence-electron chi connectivity index (χ3n) is 5.81. The Balaban J connectivity index is 1.37. The lowest BCUT2D eigenvalue weighted by molar-refractivity contribution is 0.163. The van der Waals surface area contributed by atoms with Crippen molar-refractivity contribution in [2.24, 2.45) is 5.92 Å². The second-order valence-corrected chi connectivity index (χ2v) is 10.6. The van der Waals surface area contributed by atoms with E-state index in [4.69, 9.17) is 0 Å². The van der Waals surface area contributed by atoms with E-state index in [2.05, 4.69) is 58.7 Å². The minimum absolute atomic E-state index is 0.103. The lowest BCUT2D eigenvalue weighted by Gasteiger charge is -2.38. The molecule has 2 aliphatic rings. The standard InChI is InChI=1S/C21H30N4O2S/c1-21(2,3)25-13-8-16(15-25)14-24-11-9-17(10-12-24)20-22-18-6-4-5-7-19(18)28(26,27)23-20/h4-8,13,15,17,20,22-23H,9-12,14H2,1-3H3/t20-/m0/s1. The Morgan fingerprint density at radius 2 is 1.82 bits per heavy atom. The van der Waals surface area contributed by atoms with Crippen molar-refractivity contribution in [1.82, 2.24) is 14.2 Å². The summed E-state index contributed by atoms with van der Waals surface area (Å²) in [6.07, 6.45) is 6.11. The molecule has 1 aromatic carbocycles. The lowest BCUT2D eigenvalue weighted by atomic mass is 9.93. The maximum absolute atomic E-state index is 12.6. The van der Waals surface area contributed by atoms with Crippen LogP contribution in [0.15, 0.2) is 47.6 Å².